The van der Waals surface area contributed by atoms with E-state index in [0.717, 1.165) is 10.5 Å². The van der Waals surface area contributed by atoms with Gasteiger partial charge in [0, 0.05) is 37.6 Å². The molecule has 2 rings (SSSR count). The number of rotatable bonds is 3. The number of amides is 2. The molecule has 0 atom stereocenters. The smallest absolute Gasteiger partial charge is 0.341 e. The third kappa shape index (κ3) is 5.12. The molecule has 0 aromatic heterocycles. The van der Waals surface area contributed by atoms with Crippen LogP contribution in [-0.4, -0.2) is 54.0 Å². The Bertz CT molecular complexity index is 607. The summed E-state index contributed by atoms with van der Waals surface area (Å²) in [5, 5.41) is 0.594. The van der Waals surface area contributed by atoms with Crippen LogP contribution in [0.15, 0.2) is 24.3 Å². The van der Waals surface area contributed by atoms with Gasteiger partial charge in [0.15, 0.2) is 0 Å². The van der Waals surface area contributed by atoms with Gasteiger partial charge in [-0.25, -0.2) is 0 Å². The first-order valence-corrected chi connectivity index (χ1v) is 8.03. The maximum absolute atomic E-state index is 12.5. The first kappa shape index (κ1) is 18.6. The van der Waals surface area contributed by atoms with Gasteiger partial charge in [0.1, 0.15) is 0 Å². The zero-order valence-electron chi connectivity index (χ0n) is 13.0. The summed E-state index contributed by atoms with van der Waals surface area (Å²) in [6.07, 6.45) is -3.76. The molecule has 1 aliphatic rings. The normalized spacial score (nSPS) is 16.0. The summed E-state index contributed by atoms with van der Waals surface area (Å²) in [7, 11) is 0. The summed E-state index contributed by atoms with van der Waals surface area (Å²) in [6.45, 7) is 0.393. The Hall–Kier alpha value is -1.76. The number of aryl methyl sites for hydroxylation is 1. The fraction of sp³-hybridized carbons (Fsp3) is 0.500. The van der Waals surface area contributed by atoms with Crippen molar-refractivity contribution in [3.8, 4) is 0 Å². The second-order valence-electron chi connectivity index (χ2n) is 5.65. The van der Waals surface area contributed by atoms with Crippen LogP contribution in [0.5, 0.6) is 0 Å². The van der Waals surface area contributed by atoms with Gasteiger partial charge < -0.3 is 9.80 Å². The molecule has 0 bridgehead atoms. The second kappa shape index (κ2) is 7.88. The Labute approximate surface area is 143 Å². The van der Waals surface area contributed by atoms with Crippen LogP contribution in [0.2, 0.25) is 5.02 Å². The number of carbonyl (C=O) groups is 2. The van der Waals surface area contributed by atoms with Gasteiger partial charge in [0.25, 0.3) is 0 Å². The van der Waals surface area contributed by atoms with Gasteiger partial charge in [-0.3, -0.25) is 9.59 Å². The van der Waals surface area contributed by atoms with Crippen molar-refractivity contribution in [2.24, 2.45) is 0 Å². The lowest BCUT2D eigenvalue weighted by Gasteiger charge is -2.23. The number of alkyl halides is 3. The molecule has 1 aliphatic heterocycles. The lowest BCUT2D eigenvalue weighted by molar-refractivity contribution is -0.185. The summed E-state index contributed by atoms with van der Waals surface area (Å²) in [5.41, 5.74) is 0.930. The van der Waals surface area contributed by atoms with Gasteiger partial charge in [-0.05, 0) is 30.5 Å². The summed E-state index contributed by atoms with van der Waals surface area (Å²) in [5.74, 6) is -1.97. The molecular weight excluding hydrogens is 345 g/mol. The van der Waals surface area contributed by atoms with Crippen LogP contribution >= 0.6 is 11.6 Å². The van der Waals surface area contributed by atoms with Crippen LogP contribution in [0.1, 0.15) is 18.4 Å². The maximum Gasteiger partial charge on any atom is 0.471 e. The van der Waals surface area contributed by atoms with Crippen molar-refractivity contribution < 1.29 is 22.8 Å². The minimum Gasteiger partial charge on any atom is -0.341 e. The van der Waals surface area contributed by atoms with Crippen LogP contribution in [0.4, 0.5) is 13.2 Å². The first-order valence-electron chi connectivity index (χ1n) is 7.65. The zero-order valence-corrected chi connectivity index (χ0v) is 13.7. The molecule has 2 amide bonds. The summed E-state index contributed by atoms with van der Waals surface area (Å²) >= 11 is 5.89. The molecule has 0 saturated carbocycles. The highest BCUT2D eigenvalue weighted by molar-refractivity contribution is 6.30. The van der Waals surface area contributed by atoms with Gasteiger partial charge in [0.05, 0.1) is 0 Å². The van der Waals surface area contributed by atoms with Crippen molar-refractivity contribution in [1.29, 1.82) is 0 Å². The SMILES string of the molecule is O=C(CCc1cccc(Cl)c1)N1CCCN(C(=O)C(F)(F)F)CC1. The molecule has 8 heteroatoms. The quantitative estimate of drug-likeness (QED) is 0.829. The van der Waals surface area contributed by atoms with E-state index in [-0.39, 0.29) is 32.0 Å². The maximum atomic E-state index is 12.5. The second-order valence-corrected chi connectivity index (χ2v) is 6.09. The predicted molar refractivity (Wildman–Crippen MR) is 83.6 cm³/mol. The molecule has 132 valence electrons. The fourth-order valence-corrected chi connectivity index (χ4v) is 2.86. The Balaban J connectivity index is 1.86. The Kier molecular flexibility index (Phi) is 6.10. The summed E-state index contributed by atoms with van der Waals surface area (Å²) < 4.78 is 37.4. The molecule has 0 N–H and O–H groups in total. The zero-order chi connectivity index (χ0) is 17.7. The van der Waals surface area contributed by atoms with Gasteiger partial charge in [0.2, 0.25) is 5.91 Å². The summed E-state index contributed by atoms with van der Waals surface area (Å²) in [4.78, 5) is 25.8. The summed E-state index contributed by atoms with van der Waals surface area (Å²) in [6, 6.07) is 7.19. The van der Waals surface area contributed by atoms with E-state index in [1.165, 1.54) is 4.90 Å². The molecular formula is C16H18ClF3N2O2. The van der Waals surface area contributed by atoms with E-state index in [0.29, 0.717) is 24.4 Å². The Morgan fingerprint density at radius 3 is 2.42 bits per heavy atom. The van der Waals surface area contributed by atoms with Gasteiger partial charge in [-0.2, -0.15) is 13.2 Å². The number of halogens is 4. The Morgan fingerprint density at radius 1 is 1.08 bits per heavy atom. The molecule has 24 heavy (non-hydrogen) atoms. The largest absolute Gasteiger partial charge is 0.471 e. The number of hydrogen-bond donors (Lipinski definition) is 0. The van der Waals surface area contributed by atoms with E-state index in [9.17, 15) is 22.8 Å². The van der Waals surface area contributed by atoms with Crippen molar-refractivity contribution >= 4 is 23.4 Å². The minimum absolute atomic E-state index is 0.0103. The van der Waals surface area contributed by atoms with Gasteiger partial charge in [-0.1, -0.05) is 23.7 Å². The van der Waals surface area contributed by atoms with Crippen molar-refractivity contribution in [2.45, 2.75) is 25.4 Å². The lowest BCUT2D eigenvalue weighted by Crippen LogP contribution is -2.43. The van der Waals surface area contributed by atoms with E-state index in [1.807, 2.05) is 6.07 Å². The molecule has 0 spiro atoms. The monoisotopic (exact) mass is 362 g/mol. The topological polar surface area (TPSA) is 40.6 Å². The van der Waals surface area contributed by atoms with Crippen molar-refractivity contribution in [1.82, 2.24) is 9.80 Å². The number of hydrogen-bond acceptors (Lipinski definition) is 2. The van der Waals surface area contributed by atoms with Crippen molar-refractivity contribution in [2.75, 3.05) is 26.2 Å². The standard InChI is InChI=1S/C16H18ClF3N2O2/c17-13-4-1-3-12(11-13)5-6-14(23)21-7-2-8-22(10-9-21)15(24)16(18,19)20/h1,3-4,11H,2,5-10H2. The highest BCUT2D eigenvalue weighted by Crippen LogP contribution is 2.20. The van der Waals surface area contributed by atoms with E-state index in [1.54, 1.807) is 18.2 Å². The number of carbonyl (C=O) groups excluding carboxylic acids is 2. The van der Waals surface area contributed by atoms with E-state index < -0.39 is 12.1 Å². The highest BCUT2D eigenvalue weighted by atomic mass is 35.5. The number of nitrogens with zero attached hydrogens (tertiary/aromatic N) is 2. The molecule has 1 heterocycles. The van der Waals surface area contributed by atoms with E-state index in [4.69, 9.17) is 11.6 Å². The van der Waals surface area contributed by atoms with E-state index in [2.05, 4.69) is 0 Å². The highest BCUT2D eigenvalue weighted by Gasteiger charge is 2.42. The Morgan fingerprint density at radius 2 is 1.75 bits per heavy atom. The molecule has 1 aromatic carbocycles. The van der Waals surface area contributed by atoms with Crippen molar-refractivity contribution in [3.63, 3.8) is 0 Å². The molecule has 0 aliphatic carbocycles. The van der Waals surface area contributed by atoms with E-state index >= 15 is 0 Å². The predicted octanol–water partition coefficient (Wildman–Crippen LogP) is 2.90. The third-order valence-electron chi connectivity index (χ3n) is 3.89. The van der Waals surface area contributed by atoms with Crippen molar-refractivity contribution in [3.05, 3.63) is 34.9 Å². The minimum atomic E-state index is -4.87. The average molecular weight is 363 g/mol. The third-order valence-corrected chi connectivity index (χ3v) is 4.13. The van der Waals surface area contributed by atoms with Gasteiger partial charge in [-0.15, -0.1) is 0 Å². The fourth-order valence-electron chi connectivity index (χ4n) is 2.65. The van der Waals surface area contributed by atoms with Crippen LogP contribution in [0.25, 0.3) is 0 Å². The van der Waals surface area contributed by atoms with Crippen LogP contribution in [0.3, 0.4) is 0 Å². The average Bonchev–Trinajstić information content (AvgIpc) is 2.77. The number of benzene rings is 1. The molecule has 0 unspecified atom stereocenters. The van der Waals surface area contributed by atoms with Crippen LogP contribution in [0, 0.1) is 0 Å². The lowest BCUT2D eigenvalue weighted by atomic mass is 10.1. The first-order chi connectivity index (χ1) is 11.3. The molecule has 1 aromatic rings. The molecule has 4 nitrogen and oxygen atoms in total. The molecule has 1 saturated heterocycles. The molecule has 0 radical (unpaired) electrons. The van der Waals surface area contributed by atoms with Gasteiger partial charge >= 0.3 is 12.1 Å². The van der Waals surface area contributed by atoms with Crippen LogP contribution < -0.4 is 0 Å². The van der Waals surface area contributed by atoms with Crippen LogP contribution in [-0.2, 0) is 16.0 Å². The molecule has 1 fully saturated rings.